The van der Waals surface area contributed by atoms with Crippen molar-refractivity contribution in [2.75, 3.05) is 19.6 Å². The summed E-state index contributed by atoms with van der Waals surface area (Å²) in [7, 11) is 0. The Balaban J connectivity index is 1.48. The van der Waals surface area contributed by atoms with Crippen LogP contribution in [0, 0.1) is 6.92 Å². The molecule has 0 spiro atoms. The van der Waals surface area contributed by atoms with E-state index in [1.54, 1.807) is 6.20 Å². The summed E-state index contributed by atoms with van der Waals surface area (Å²) in [5.41, 5.74) is 3.08. The maximum Gasteiger partial charge on any atom is 0.234 e. The van der Waals surface area contributed by atoms with E-state index >= 15 is 0 Å². The molecule has 1 atom stereocenters. The predicted octanol–water partition coefficient (Wildman–Crippen LogP) is 1.61. The fourth-order valence-electron chi connectivity index (χ4n) is 3.04. The summed E-state index contributed by atoms with van der Waals surface area (Å²) in [6.45, 7) is 4.79. The van der Waals surface area contributed by atoms with Crippen molar-refractivity contribution in [3.63, 3.8) is 0 Å². The smallest absolute Gasteiger partial charge is 0.234 e. The minimum absolute atomic E-state index is 0.0505. The van der Waals surface area contributed by atoms with Gasteiger partial charge in [0.15, 0.2) is 0 Å². The minimum Gasteiger partial charge on any atom is -0.349 e. The number of hydrogen-bond acceptors (Lipinski definition) is 4. The third-order valence-electron chi connectivity index (χ3n) is 4.21. The van der Waals surface area contributed by atoms with Crippen LogP contribution in [0.25, 0.3) is 0 Å². The standard InChI is InChI=1S/C17H23N5O/c1-13-9-16(21-20-13)14-5-4-8-22(11-14)12-17(23)19-10-15-6-2-3-7-18-15/h2-3,6-7,9,14H,4-5,8,10-12H2,1H3,(H,19,23)(H,20,21)/t14-/m1/s1. The minimum atomic E-state index is 0.0505. The van der Waals surface area contributed by atoms with E-state index in [-0.39, 0.29) is 5.91 Å². The average Bonchev–Trinajstić information content (AvgIpc) is 3.01. The molecule has 1 aliphatic heterocycles. The van der Waals surface area contributed by atoms with Crippen LogP contribution in [0.3, 0.4) is 0 Å². The number of aromatic amines is 1. The monoisotopic (exact) mass is 313 g/mol. The van der Waals surface area contributed by atoms with Gasteiger partial charge in [-0.25, -0.2) is 0 Å². The Kier molecular flexibility index (Phi) is 5.02. The summed E-state index contributed by atoms with van der Waals surface area (Å²) in [6.07, 6.45) is 3.98. The molecule has 0 unspecified atom stereocenters. The number of carbonyl (C=O) groups is 1. The first kappa shape index (κ1) is 15.7. The Morgan fingerprint density at radius 1 is 1.48 bits per heavy atom. The first-order valence-electron chi connectivity index (χ1n) is 8.11. The van der Waals surface area contributed by atoms with E-state index in [0.717, 1.165) is 43.0 Å². The van der Waals surface area contributed by atoms with Gasteiger partial charge in [0.25, 0.3) is 0 Å². The molecule has 23 heavy (non-hydrogen) atoms. The van der Waals surface area contributed by atoms with Crippen LogP contribution in [0.5, 0.6) is 0 Å². The van der Waals surface area contributed by atoms with Crippen molar-refractivity contribution in [2.24, 2.45) is 0 Å². The van der Waals surface area contributed by atoms with E-state index in [1.807, 2.05) is 25.1 Å². The number of pyridine rings is 1. The molecule has 2 aromatic rings. The number of likely N-dealkylation sites (tertiary alicyclic amines) is 1. The number of H-pyrrole nitrogens is 1. The second-order valence-corrected chi connectivity index (χ2v) is 6.15. The first-order chi connectivity index (χ1) is 11.2. The van der Waals surface area contributed by atoms with Gasteiger partial charge in [-0.1, -0.05) is 6.07 Å². The highest BCUT2D eigenvalue weighted by molar-refractivity contribution is 5.77. The van der Waals surface area contributed by atoms with Crippen molar-refractivity contribution in [1.29, 1.82) is 0 Å². The van der Waals surface area contributed by atoms with E-state index in [1.165, 1.54) is 0 Å². The van der Waals surface area contributed by atoms with Gasteiger partial charge in [-0.05, 0) is 44.5 Å². The van der Waals surface area contributed by atoms with Crippen LogP contribution >= 0.6 is 0 Å². The second-order valence-electron chi connectivity index (χ2n) is 6.15. The molecule has 0 radical (unpaired) electrons. The third-order valence-corrected chi connectivity index (χ3v) is 4.21. The lowest BCUT2D eigenvalue weighted by molar-refractivity contribution is -0.122. The van der Waals surface area contributed by atoms with Crippen molar-refractivity contribution in [2.45, 2.75) is 32.2 Å². The van der Waals surface area contributed by atoms with Gasteiger partial charge in [0.1, 0.15) is 0 Å². The molecule has 0 bridgehead atoms. The number of piperidine rings is 1. The van der Waals surface area contributed by atoms with E-state index < -0.39 is 0 Å². The summed E-state index contributed by atoms with van der Waals surface area (Å²) < 4.78 is 0. The average molecular weight is 313 g/mol. The topological polar surface area (TPSA) is 73.9 Å². The summed E-state index contributed by atoms with van der Waals surface area (Å²) in [5, 5.41) is 10.3. The summed E-state index contributed by atoms with van der Waals surface area (Å²) in [5.74, 6) is 0.465. The van der Waals surface area contributed by atoms with Crippen LogP contribution in [-0.2, 0) is 11.3 Å². The predicted molar refractivity (Wildman–Crippen MR) is 87.8 cm³/mol. The fraction of sp³-hybridized carbons (Fsp3) is 0.471. The Morgan fingerprint density at radius 2 is 2.39 bits per heavy atom. The SMILES string of the molecule is Cc1cc([C@@H]2CCCN(CC(=O)NCc3ccccn3)C2)n[nH]1. The van der Waals surface area contributed by atoms with Gasteiger partial charge in [0.05, 0.1) is 24.5 Å². The number of aromatic nitrogens is 3. The molecule has 0 saturated carbocycles. The number of carbonyl (C=O) groups excluding carboxylic acids is 1. The molecule has 1 amide bonds. The van der Waals surface area contributed by atoms with E-state index in [2.05, 4.69) is 31.5 Å². The molecule has 1 saturated heterocycles. The van der Waals surface area contributed by atoms with Crippen molar-refractivity contribution < 1.29 is 4.79 Å². The van der Waals surface area contributed by atoms with Gasteiger partial charge in [-0.3, -0.25) is 19.8 Å². The van der Waals surface area contributed by atoms with Gasteiger partial charge >= 0.3 is 0 Å². The largest absolute Gasteiger partial charge is 0.349 e. The molecule has 0 aromatic carbocycles. The lowest BCUT2D eigenvalue weighted by Gasteiger charge is -2.31. The number of rotatable bonds is 5. The zero-order valence-corrected chi connectivity index (χ0v) is 13.5. The lowest BCUT2D eigenvalue weighted by Crippen LogP contribution is -2.42. The van der Waals surface area contributed by atoms with Crippen molar-refractivity contribution >= 4 is 5.91 Å². The zero-order chi connectivity index (χ0) is 16.1. The molecule has 1 fully saturated rings. The molecule has 3 heterocycles. The van der Waals surface area contributed by atoms with Gasteiger partial charge in [0.2, 0.25) is 5.91 Å². The molecule has 6 nitrogen and oxygen atoms in total. The summed E-state index contributed by atoms with van der Waals surface area (Å²) in [4.78, 5) is 18.6. The lowest BCUT2D eigenvalue weighted by atomic mass is 9.94. The van der Waals surface area contributed by atoms with Crippen molar-refractivity contribution in [3.8, 4) is 0 Å². The highest BCUT2D eigenvalue weighted by Crippen LogP contribution is 2.25. The number of nitrogens with zero attached hydrogens (tertiary/aromatic N) is 3. The summed E-state index contributed by atoms with van der Waals surface area (Å²) in [6, 6.07) is 7.82. The second kappa shape index (κ2) is 7.37. The van der Waals surface area contributed by atoms with Gasteiger partial charge in [0, 0.05) is 24.4 Å². The molecular weight excluding hydrogens is 290 g/mol. The normalized spacial score (nSPS) is 18.7. The number of nitrogens with one attached hydrogen (secondary N) is 2. The van der Waals surface area contributed by atoms with Crippen molar-refractivity contribution in [3.05, 3.63) is 47.5 Å². The Bertz CT molecular complexity index is 639. The molecule has 1 aliphatic rings. The van der Waals surface area contributed by atoms with Crippen molar-refractivity contribution in [1.82, 2.24) is 25.4 Å². The number of aryl methyl sites for hydroxylation is 1. The van der Waals surface area contributed by atoms with E-state index in [4.69, 9.17) is 0 Å². The Morgan fingerprint density at radius 3 is 3.13 bits per heavy atom. The fourth-order valence-corrected chi connectivity index (χ4v) is 3.04. The first-order valence-corrected chi connectivity index (χ1v) is 8.11. The van der Waals surface area contributed by atoms with Crippen LogP contribution in [0.1, 0.15) is 35.8 Å². The molecule has 122 valence electrons. The maximum atomic E-state index is 12.1. The van der Waals surface area contributed by atoms with Crippen LogP contribution in [0.4, 0.5) is 0 Å². The zero-order valence-electron chi connectivity index (χ0n) is 13.5. The molecule has 0 aliphatic carbocycles. The van der Waals surface area contributed by atoms with Gasteiger partial charge in [-0.2, -0.15) is 5.10 Å². The molecular formula is C17H23N5O. The van der Waals surface area contributed by atoms with Gasteiger partial charge < -0.3 is 5.32 Å². The third kappa shape index (κ3) is 4.39. The van der Waals surface area contributed by atoms with Crippen LogP contribution in [-0.4, -0.2) is 45.6 Å². The Labute approximate surface area is 136 Å². The van der Waals surface area contributed by atoms with E-state index in [9.17, 15) is 4.79 Å². The number of amides is 1. The highest BCUT2D eigenvalue weighted by Gasteiger charge is 2.24. The van der Waals surface area contributed by atoms with Crippen LogP contribution < -0.4 is 5.32 Å². The molecule has 3 rings (SSSR count). The molecule has 6 heteroatoms. The van der Waals surface area contributed by atoms with Gasteiger partial charge in [-0.15, -0.1) is 0 Å². The van der Waals surface area contributed by atoms with Crippen LogP contribution in [0.2, 0.25) is 0 Å². The van der Waals surface area contributed by atoms with E-state index in [0.29, 0.717) is 19.0 Å². The highest BCUT2D eigenvalue weighted by atomic mass is 16.2. The summed E-state index contributed by atoms with van der Waals surface area (Å²) >= 11 is 0. The quantitative estimate of drug-likeness (QED) is 0.879. The Hall–Kier alpha value is -2.21. The van der Waals surface area contributed by atoms with Crippen LogP contribution in [0.15, 0.2) is 30.5 Å². The molecule has 2 aromatic heterocycles. The molecule has 2 N–H and O–H groups in total. The maximum absolute atomic E-state index is 12.1. The number of hydrogen-bond donors (Lipinski definition) is 2.